The van der Waals surface area contributed by atoms with Crippen molar-refractivity contribution in [2.75, 3.05) is 0 Å². The van der Waals surface area contributed by atoms with E-state index in [1.54, 1.807) is 10.5 Å². The molecule has 7 heteroatoms. The normalized spacial score (nSPS) is 13.6. The van der Waals surface area contributed by atoms with Crippen LogP contribution >= 0.6 is 0 Å². The predicted molar refractivity (Wildman–Crippen MR) is 264 cm³/mol. The standard InChI is InChI=1S/C38H34N3O.C18H24GeN.Ir/c1-22(2)30-20-27(26-12-8-7-9-13-26)21-31(23(3)4)35(30)41-33-15-11-10-14-32(33)40-37(41)29-18-16-24(5)34-28-19-17-25(6)39-38(28)42-36(29)34;1-14(2)11-16-12-18(15-9-7-6-8-10-15)20-13-17(16)19(3,4)5;/h7-17,19-23H,1-6H3;6-9,12-14H,11H2,1-5H3;/q2*-1;/i5D3,6D3;;. The summed E-state index contributed by atoms with van der Waals surface area (Å²) in [5.41, 5.74) is 11.4. The van der Waals surface area contributed by atoms with Crippen molar-refractivity contribution in [2.45, 2.75) is 90.8 Å². The first-order chi connectivity index (χ1) is 32.1. The van der Waals surface area contributed by atoms with Crippen molar-refractivity contribution >= 4 is 50.8 Å². The number of aromatic nitrogens is 4. The molecule has 4 aromatic heterocycles. The summed E-state index contributed by atoms with van der Waals surface area (Å²) in [6, 6.07) is 44.1. The minimum atomic E-state index is -2.49. The number of imidazole rings is 1. The second-order valence-electron chi connectivity index (χ2n) is 18.2. The number of benzene rings is 5. The van der Waals surface area contributed by atoms with Crippen LogP contribution in [0.5, 0.6) is 0 Å². The Bertz CT molecular complexity index is 3230. The van der Waals surface area contributed by atoms with E-state index in [4.69, 9.17) is 22.6 Å². The maximum atomic E-state index is 8.33. The molecule has 0 spiro atoms. The van der Waals surface area contributed by atoms with Crippen molar-refractivity contribution < 1.29 is 32.7 Å². The fraction of sp³-hybridized carbons (Fsp3) is 0.268. The van der Waals surface area contributed by atoms with Gasteiger partial charge in [0.2, 0.25) is 5.71 Å². The van der Waals surface area contributed by atoms with Gasteiger partial charge in [0.1, 0.15) is 0 Å². The molecule has 0 saturated carbocycles. The van der Waals surface area contributed by atoms with Crippen LogP contribution in [0.1, 0.15) is 89.6 Å². The van der Waals surface area contributed by atoms with E-state index in [2.05, 4.69) is 123 Å². The van der Waals surface area contributed by atoms with Gasteiger partial charge in [0.25, 0.3) is 0 Å². The van der Waals surface area contributed by atoms with Gasteiger partial charge in [-0.2, -0.15) is 0 Å². The SMILES string of the molecule is CC(C)Cc1cc(-c2[c-]cccc2)nc[c]1[Ge]([CH3])([CH3])[CH3].[2H]C([2H])([2H])c1ccc2c(n1)oc1c(-c3nc4ccccc4n3-c3c(C(C)C)cc(-c4ccccc4)cc3C(C)C)[c-]cc(C([2H])([2H])[2H])c12.[Ir]. The fourth-order valence-electron chi connectivity index (χ4n) is 8.39. The largest absolute Gasteiger partial charge is 0.486 e. The molecule has 1 radical (unpaired) electrons. The fourth-order valence-corrected chi connectivity index (χ4v) is 11.7. The maximum absolute atomic E-state index is 8.33. The molecule has 0 aliphatic heterocycles. The molecule has 0 aliphatic carbocycles. The molecule has 63 heavy (non-hydrogen) atoms. The van der Waals surface area contributed by atoms with Crippen molar-refractivity contribution in [1.29, 1.82) is 0 Å². The van der Waals surface area contributed by atoms with Gasteiger partial charge in [0, 0.05) is 45.1 Å². The van der Waals surface area contributed by atoms with Gasteiger partial charge >= 0.3 is 126 Å². The number of fused-ring (bicyclic) bond motifs is 4. The van der Waals surface area contributed by atoms with Gasteiger partial charge in [0.15, 0.2) is 0 Å². The molecule has 0 bridgehead atoms. The molecular formula is C56H58GeIrN4O-2. The van der Waals surface area contributed by atoms with Gasteiger partial charge in [-0.1, -0.05) is 88.0 Å². The van der Waals surface area contributed by atoms with E-state index in [1.807, 2.05) is 60.7 Å². The average Bonchev–Trinajstić information content (AvgIpc) is 3.86. The van der Waals surface area contributed by atoms with E-state index in [-0.39, 0.29) is 54.5 Å². The van der Waals surface area contributed by atoms with Crippen molar-refractivity contribution in [1.82, 2.24) is 19.5 Å². The van der Waals surface area contributed by atoms with Crippen LogP contribution in [0.3, 0.4) is 0 Å². The third kappa shape index (κ3) is 9.41. The van der Waals surface area contributed by atoms with Gasteiger partial charge < -0.3 is 8.98 Å². The number of rotatable bonds is 9. The number of pyridine rings is 2. The van der Waals surface area contributed by atoms with E-state index in [0.717, 1.165) is 56.7 Å². The monoisotopic (exact) mass is 1080 g/mol. The Kier molecular flexibility index (Phi) is 11.5. The number of hydrogen-bond acceptors (Lipinski definition) is 4. The molecule has 0 unspecified atom stereocenters. The van der Waals surface area contributed by atoms with Crippen LogP contribution in [0, 0.1) is 31.8 Å². The molecule has 5 nitrogen and oxygen atoms in total. The Hall–Kier alpha value is -5.14. The molecule has 0 saturated heterocycles. The molecule has 323 valence electrons. The van der Waals surface area contributed by atoms with E-state index in [1.165, 1.54) is 17.7 Å². The van der Waals surface area contributed by atoms with Crippen LogP contribution in [0.25, 0.3) is 72.6 Å². The van der Waals surface area contributed by atoms with Crippen molar-refractivity contribution in [3.05, 3.63) is 162 Å². The van der Waals surface area contributed by atoms with Gasteiger partial charge in [-0.25, -0.2) is 4.98 Å². The topological polar surface area (TPSA) is 56.7 Å². The summed E-state index contributed by atoms with van der Waals surface area (Å²) in [6.45, 7) is 8.34. The second-order valence-corrected chi connectivity index (χ2v) is 28.8. The zero-order valence-corrected chi connectivity index (χ0v) is 42.0. The molecule has 5 aromatic carbocycles. The van der Waals surface area contributed by atoms with Gasteiger partial charge in [0.05, 0.1) is 22.4 Å². The van der Waals surface area contributed by atoms with Gasteiger partial charge in [-0.05, 0) is 77.3 Å². The van der Waals surface area contributed by atoms with Crippen molar-refractivity contribution in [2.24, 2.45) is 5.92 Å². The number of para-hydroxylation sites is 2. The summed E-state index contributed by atoms with van der Waals surface area (Å²) >= 11 is -1.86. The van der Waals surface area contributed by atoms with Crippen LogP contribution in [-0.2, 0) is 26.5 Å². The molecule has 9 aromatic rings. The van der Waals surface area contributed by atoms with Crippen LogP contribution in [0.4, 0.5) is 0 Å². The average molecular weight is 1070 g/mol. The van der Waals surface area contributed by atoms with Crippen molar-refractivity contribution in [3.63, 3.8) is 0 Å². The Morgan fingerprint density at radius 2 is 1.48 bits per heavy atom. The summed E-state index contributed by atoms with van der Waals surface area (Å²) < 4.78 is 58.7. The summed E-state index contributed by atoms with van der Waals surface area (Å²) in [5, 5.41) is 0.759. The smallest absolute Gasteiger partial charge is 0.216 e. The van der Waals surface area contributed by atoms with Crippen LogP contribution in [-0.4, -0.2) is 32.8 Å². The third-order valence-corrected chi connectivity index (χ3v) is 15.7. The molecule has 0 aliphatic rings. The Labute approximate surface area is 398 Å². The first kappa shape index (κ1) is 38.3. The number of hydrogen-bond donors (Lipinski definition) is 0. The Morgan fingerprint density at radius 1 is 0.762 bits per heavy atom. The third-order valence-electron chi connectivity index (χ3n) is 11.4. The maximum Gasteiger partial charge on any atom is 0.216 e. The number of aryl methyl sites for hydroxylation is 2. The van der Waals surface area contributed by atoms with Crippen molar-refractivity contribution in [3.8, 4) is 39.5 Å². The summed E-state index contributed by atoms with van der Waals surface area (Å²) in [4.78, 5) is 14.2. The molecule has 0 N–H and O–H groups in total. The minimum Gasteiger partial charge on any atom is -0.486 e. The summed E-state index contributed by atoms with van der Waals surface area (Å²) in [6.07, 6.45) is 3.27. The zero-order chi connectivity index (χ0) is 48.9. The van der Waals surface area contributed by atoms with E-state index >= 15 is 0 Å². The van der Waals surface area contributed by atoms with E-state index < -0.39 is 27.0 Å². The minimum absolute atomic E-state index is 0. The molecule has 0 atom stereocenters. The molecule has 9 rings (SSSR count). The summed E-state index contributed by atoms with van der Waals surface area (Å²) in [7, 11) is 0. The van der Waals surface area contributed by atoms with E-state index in [9.17, 15) is 0 Å². The van der Waals surface area contributed by atoms with Gasteiger partial charge in [-0.15, -0.1) is 17.7 Å². The quantitative estimate of drug-likeness (QED) is 0.107. The first-order valence-electron chi connectivity index (χ1n) is 24.6. The van der Waals surface area contributed by atoms with Gasteiger partial charge in [-0.3, -0.25) is 4.98 Å². The zero-order valence-electron chi connectivity index (χ0n) is 43.5. The number of nitrogens with zero attached hydrogens (tertiary/aromatic N) is 4. The molecule has 4 heterocycles. The molecule has 0 fully saturated rings. The molecule has 0 amide bonds. The van der Waals surface area contributed by atoms with E-state index in [0.29, 0.717) is 28.1 Å². The van der Waals surface area contributed by atoms with Crippen LogP contribution in [0.15, 0.2) is 126 Å². The Morgan fingerprint density at radius 3 is 2.13 bits per heavy atom. The summed E-state index contributed by atoms with van der Waals surface area (Å²) in [5.74, 6) is 8.81. The predicted octanol–water partition coefficient (Wildman–Crippen LogP) is 14.6. The second kappa shape index (κ2) is 18.9. The first-order valence-corrected chi connectivity index (χ1v) is 28.9. The number of furan rings is 1. The van der Waals surface area contributed by atoms with Crippen LogP contribution < -0.4 is 4.40 Å². The van der Waals surface area contributed by atoms with Crippen LogP contribution in [0.2, 0.25) is 17.3 Å². The Balaban J connectivity index is 0.000000281. The molecular weight excluding hydrogens is 1010 g/mol.